The van der Waals surface area contributed by atoms with E-state index in [1.165, 1.54) is 24.3 Å². The number of hydrogen-bond acceptors (Lipinski definition) is 3. The van der Waals surface area contributed by atoms with E-state index in [1.807, 2.05) is 14.1 Å². The molecule has 0 aliphatic carbocycles. The van der Waals surface area contributed by atoms with Crippen LogP contribution in [0.25, 0.3) is 0 Å². The van der Waals surface area contributed by atoms with Crippen LogP contribution in [0.2, 0.25) is 0 Å². The molecule has 0 saturated carbocycles. The van der Waals surface area contributed by atoms with Crippen LogP contribution in [0.3, 0.4) is 0 Å². The summed E-state index contributed by atoms with van der Waals surface area (Å²) < 4.78 is 17.8. The number of amides is 1. The van der Waals surface area contributed by atoms with Crippen molar-refractivity contribution in [2.75, 3.05) is 33.8 Å². The summed E-state index contributed by atoms with van der Waals surface area (Å²) in [7, 11) is 3.97. The first-order valence-electron chi connectivity index (χ1n) is 5.88. The van der Waals surface area contributed by atoms with Crippen molar-refractivity contribution in [1.82, 2.24) is 10.2 Å². The topological polar surface area (TPSA) is 41.6 Å². The summed E-state index contributed by atoms with van der Waals surface area (Å²) in [4.78, 5) is 13.5. The number of rotatable bonds is 7. The quantitative estimate of drug-likeness (QED) is 0.745. The summed E-state index contributed by atoms with van der Waals surface area (Å²) in [5.74, 6) is -0.00610. The monoisotopic (exact) mass is 254 g/mol. The molecule has 1 N–H and O–H groups in total. The molecule has 0 saturated heterocycles. The molecule has 0 aliphatic heterocycles. The van der Waals surface area contributed by atoms with E-state index in [-0.39, 0.29) is 18.3 Å². The van der Waals surface area contributed by atoms with Crippen LogP contribution in [-0.4, -0.2) is 44.6 Å². The van der Waals surface area contributed by atoms with Gasteiger partial charge in [-0.15, -0.1) is 0 Å². The van der Waals surface area contributed by atoms with Gasteiger partial charge in [-0.2, -0.15) is 0 Å². The van der Waals surface area contributed by atoms with Gasteiger partial charge in [-0.05, 0) is 51.3 Å². The highest BCUT2D eigenvalue weighted by molar-refractivity contribution is 5.77. The highest BCUT2D eigenvalue weighted by Gasteiger charge is 2.02. The molecule has 1 rings (SSSR count). The molecule has 4 nitrogen and oxygen atoms in total. The molecule has 0 heterocycles. The van der Waals surface area contributed by atoms with Crippen LogP contribution in [0.1, 0.15) is 6.42 Å². The Hall–Kier alpha value is -1.62. The molecule has 1 amide bonds. The molecule has 0 spiro atoms. The van der Waals surface area contributed by atoms with Crippen LogP contribution in [-0.2, 0) is 4.79 Å². The summed E-state index contributed by atoms with van der Waals surface area (Å²) in [6.07, 6.45) is 0.898. The molecule has 0 bridgehead atoms. The number of ether oxygens (including phenoxy) is 1. The van der Waals surface area contributed by atoms with E-state index in [0.717, 1.165) is 13.0 Å². The van der Waals surface area contributed by atoms with Crippen LogP contribution < -0.4 is 10.1 Å². The lowest BCUT2D eigenvalue weighted by molar-refractivity contribution is -0.123. The zero-order valence-electron chi connectivity index (χ0n) is 10.8. The van der Waals surface area contributed by atoms with Crippen LogP contribution in [0, 0.1) is 5.82 Å². The van der Waals surface area contributed by atoms with Gasteiger partial charge in [-0.1, -0.05) is 0 Å². The summed E-state index contributed by atoms with van der Waals surface area (Å²) in [5, 5.41) is 2.75. The van der Waals surface area contributed by atoms with E-state index in [4.69, 9.17) is 4.74 Å². The maximum Gasteiger partial charge on any atom is 0.257 e. The first-order chi connectivity index (χ1) is 8.58. The van der Waals surface area contributed by atoms with Gasteiger partial charge >= 0.3 is 0 Å². The third-order valence-corrected chi connectivity index (χ3v) is 2.29. The Kier molecular flexibility index (Phi) is 6.14. The van der Waals surface area contributed by atoms with Gasteiger partial charge in [0.2, 0.25) is 0 Å². The smallest absolute Gasteiger partial charge is 0.257 e. The predicted molar refractivity (Wildman–Crippen MR) is 68.1 cm³/mol. The van der Waals surface area contributed by atoms with Crippen molar-refractivity contribution in [2.45, 2.75) is 6.42 Å². The Morgan fingerprint density at radius 1 is 1.33 bits per heavy atom. The Balaban J connectivity index is 2.15. The van der Waals surface area contributed by atoms with Crippen molar-refractivity contribution < 1.29 is 13.9 Å². The lowest BCUT2D eigenvalue weighted by Crippen LogP contribution is -2.31. The fourth-order valence-corrected chi connectivity index (χ4v) is 1.35. The van der Waals surface area contributed by atoms with E-state index < -0.39 is 0 Å². The van der Waals surface area contributed by atoms with Gasteiger partial charge in [0.1, 0.15) is 11.6 Å². The van der Waals surface area contributed by atoms with Crippen molar-refractivity contribution in [3.63, 3.8) is 0 Å². The van der Waals surface area contributed by atoms with Crippen molar-refractivity contribution >= 4 is 5.91 Å². The van der Waals surface area contributed by atoms with Crippen molar-refractivity contribution in [3.8, 4) is 5.75 Å². The largest absolute Gasteiger partial charge is 0.484 e. The Morgan fingerprint density at radius 2 is 2.00 bits per heavy atom. The second-order valence-electron chi connectivity index (χ2n) is 4.25. The number of nitrogens with one attached hydrogen (secondary N) is 1. The molecule has 5 heteroatoms. The minimum Gasteiger partial charge on any atom is -0.484 e. The third kappa shape index (κ3) is 6.20. The van der Waals surface area contributed by atoms with Crippen molar-refractivity contribution in [3.05, 3.63) is 30.1 Å². The van der Waals surface area contributed by atoms with Gasteiger partial charge in [-0.25, -0.2) is 4.39 Å². The molecule has 18 heavy (non-hydrogen) atoms. The Labute approximate surface area is 107 Å². The fourth-order valence-electron chi connectivity index (χ4n) is 1.35. The molecule has 0 aromatic heterocycles. The summed E-state index contributed by atoms with van der Waals surface area (Å²) in [5.41, 5.74) is 0. The number of halogens is 1. The van der Waals surface area contributed by atoms with Crippen molar-refractivity contribution in [1.29, 1.82) is 0 Å². The average Bonchev–Trinajstić information content (AvgIpc) is 2.34. The average molecular weight is 254 g/mol. The number of nitrogens with zero attached hydrogens (tertiary/aromatic N) is 1. The number of carbonyl (C=O) groups is 1. The van der Waals surface area contributed by atoms with Crippen LogP contribution >= 0.6 is 0 Å². The highest BCUT2D eigenvalue weighted by Crippen LogP contribution is 2.10. The van der Waals surface area contributed by atoms with Crippen molar-refractivity contribution in [2.24, 2.45) is 0 Å². The predicted octanol–water partition coefficient (Wildman–Crippen LogP) is 1.27. The first kappa shape index (κ1) is 14.4. The summed E-state index contributed by atoms with van der Waals surface area (Å²) in [6, 6.07) is 5.58. The second-order valence-corrected chi connectivity index (χ2v) is 4.25. The Bertz CT molecular complexity index is 366. The number of benzene rings is 1. The van der Waals surface area contributed by atoms with Gasteiger partial charge in [0.15, 0.2) is 6.61 Å². The molecule has 0 atom stereocenters. The minimum absolute atomic E-state index is 0.0480. The van der Waals surface area contributed by atoms with E-state index in [0.29, 0.717) is 12.3 Å². The van der Waals surface area contributed by atoms with Gasteiger partial charge < -0.3 is 15.0 Å². The van der Waals surface area contributed by atoms with Gasteiger partial charge in [0.05, 0.1) is 0 Å². The maximum atomic E-state index is 12.6. The van der Waals surface area contributed by atoms with Crippen LogP contribution in [0.4, 0.5) is 4.39 Å². The molecular weight excluding hydrogens is 235 g/mol. The number of carbonyl (C=O) groups excluding carboxylic acids is 1. The second kappa shape index (κ2) is 7.66. The molecule has 0 aliphatic rings. The third-order valence-electron chi connectivity index (χ3n) is 2.29. The molecule has 0 fully saturated rings. The molecular formula is C13H19FN2O2. The lowest BCUT2D eigenvalue weighted by Gasteiger charge is -2.10. The van der Waals surface area contributed by atoms with E-state index in [2.05, 4.69) is 10.2 Å². The molecule has 100 valence electrons. The highest BCUT2D eigenvalue weighted by atomic mass is 19.1. The van der Waals surface area contributed by atoms with E-state index in [1.54, 1.807) is 0 Å². The number of hydrogen-bond donors (Lipinski definition) is 1. The summed E-state index contributed by atoms with van der Waals surface area (Å²) in [6.45, 7) is 1.51. The summed E-state index contributed by atoms with van der Waals surface area (Å²) >= 11 is 0. The maximum absolute atomic E-state index is 12.6. The van der Waals surface area contributed by atoms with Gasteiger partial charge in [0, 0.05) is 6.54 Å². The normalized spacial score (nSPS) is 10.4. The zero-order chi connectivity index (χ0) is 13.4. The Morgan fingerprint density at radius 3 is 2.61 bits per heavy atom. The van der Waals surface area contributed by atoms with Crippen LogP contribution in [0.15, 0.2) is 24.3 Å². The molecule has 0 radical (unpaired) electrons. The van der Waals surface area contributed by atoms with Crippen LogP contribution in [0.5, 0.6) is 5.75 Å². The van der Waals surface area contributed by atoms with Gasteiger partial charge in [-0.3, -0.25) is 4.79 Å². The fraction of sp³-hybridized carbons (Fsp3) is 0.462. The zero-order valence-corrected chi connectivity index (χ0v) is 10.8. The molecule has 0 unspecified atom stereocenters. The minimum atomic E-state index is -0.324. The lowest BCUT2D eigenvalue weighted by atomic mass is 10.3. The van der Waals surface area contributed by atoms with E-state index in [9.17, 15) is 9.18 Å². The molecule has 1 aromatic carbocycles. The first-order valence-corrected chi connectivity index (χ1v) is 5.88. The standard InChI is InChI=1S/C13H19FN2O2/c1-16(2)9-3-8-15-13(17)10-18-12-6-4-11(14)5-7-12/h4-7H,3,8-10H2,1-2H3,(H,15,17). The molecule has 1 aromatic rings. The van der Waals surface area contributed by atoms with Gasteiger partial charge in [0.25, 0.3) is 5.91 Å². The SMILES string of the molecule is CN(C)CCCNC(=O)COc1ccc(F)cc1. The van der Waals surface area contributed by atoms with E-state index >= 15 is 0 Å².